The van der Waals surface area contributed by atoms with E-state index in [0.717, 1.165) is 26.1 Å². The largest absolute Gasteiger partial charge is 0.340 e. The molecule has 1 aliphatic rings. The number of amides is 1. The van der Waals surface area contributed by atoms with E-state index in [9.17, 15) is 4.79 Å². The van der Waals surface area contributed by atoms with Gasteiger partial charge in [-0.2, -0.15) is 0 Å². The first-order chi connectivity index (χ1) is 8.27. The van der Waals surface area contributed by atoms with Crippen LogP contribution in [0.25, 0.3) is 0 Å². The number of rotatable bonds is 4. The average molecular weight is 232 g/mol. The third kappa shape index (κ3) is 3.30. The summed E-state index contributed by atoms with van der Waals surface area (Å²) >= 11 is 0. The fraction of sp³-hybridized carbons (Fsp3) is 0.500. The van der Waals surface area contributed by atoms with Gasteiger partial charge in [0.25, 0.3) is 0 Å². The first-order valence-corrected chi connectivity index (χ1v) is 6.31. The van der Waals surface area contributed by atoms with Gasteiger partial charge in [0.1, 0.15) is 0 Å². The highest BCUT2D eigenvalue weighted by atomic mass is 16.2. The molecule has 1 aromatic carbocycles. The second-order valence-electron chi connectivity index (χ2n) is 4.66. The second kappa shape index (κ2) is 5.82. The van der Waals surface area contributed by atoms with Crippen LogP contribution in [-0.2, 0) is 4.79 Å². The highest BCUT2D eigenvalue weighted by Crippen LogP contribution is 2.18. The lowest BCUT2D eigenvalue weighted by Gasteiger charge is -2.28. The molecule has 0 aliphatic carbocycles. The lowest BCUT2D eigenvalue weighted by molar-refractivity contribution is -0.132. The van der Waals surface area contributed by atoms with Crippen LogP contribution in [0.5, 0.6) is 0 Å². The Balaban J connectivity index is 1.83. The highest BCUT2D eigenvalue weighted by molar-refractivity contribution is 5.78. The molecule has 0 radical (unpaired) electrons. The molecule has 1 amide bonds. The maximum atomic E-state index is 11.6. The first-order valence-electron chi connectivity index (χ1n) is 6.31. The molecule has 3 nitrogen and oxygen atoms in total. The van der Waals surface area contributed by atoms with E-state index in [1.54, 1.807) is 0 Å². The number of nitrogens with zero attached hydrogens (tertiary/aromatic N) is 1. The molecule has 0 bridgehead atoms. The van der Waals surface area contributed by atoms with Crippen LogP contribution in [-0.4, -0.2) is 37.0 Å². The zero-order chi connectivity index (χ0) is 12.1. The number of carbonyl (C=O) groups excluding carboxylic acids is 1. The number of hydrogen-bond acceptors (Lipinski definition) is 2. The lowest BCUT2D eigenvalue weighted by atomic mass is 9.97. The van der Waals surface area contributed by atoms with Crippen molar-refractivity contribution in [1.82, 2.24) is 10.2 Å². The van der Waals surface area contributed by atoms with E-state index >= 15 is 0 Å². The molecule has 92 valence electrons. The van der Waals surface area contributed by atoms with E-state index in [4.69, 9.17) is 0 Å². The number of piperazine rings is 1. The summed E-state index contributed by atoms with van der Waals surface area (Å²) in [5.74, 6) is 0.746. The average Bonchev–Trinajstić information content (AvgIpc) is 2.38. The smallest absolute Gasteiger partial charge is 0.236 e. The van der Waals surface area contributed by atoms with Crippen LogP contribution in [0, 0.1) is 0 Å². The molecule has 1 heterocycles. The summed E-state index contributed by atoms with van der Waals surface area (Å²) in [5.41, 5.74) is 1.36. The number of benzene rings is 1. The zero-order valence-electron chi connectivity index (χ0n) is 10.4. The van der Waals surface area contributed by atoms with Gasteiger partial charge in [-0.05, 0) is 17.9 Å². The molecular weight excluding hydrogens is 212 g/mol. The van der Waals surface area contributed by atoms with Crippen molar-refractivity contribution in [2.75, 3.05) is 26.2 Å². The van der Waals surface area contributed by atoms with Crippen molar-refractivity contribution >= 4 is 5.91 Å². The third-order valence-electron chi connectivity index (χ3n) is 3.39. The molecule has 1 fully saturated rings. The Morgan fingerprint density at radius 2 is 2.12 bits per heavy atom. The Kier molecular flexibility index (Phi) is 4.15. The Bertz CT molecular complexity index is 364. The monoisotopic (exact) mass is 232 g/mol. The molecule has 1 aromatic rings. The minimum atomic E-state index is 0.233. The molecule has 1 aliphatic heterocycles. The molecular formula is C14H20N2O. The van der Waals surface area contributed by atoms with Crippen molar-refractivity contribution in [2.24, 2.45) is 0 Å². The van der Waals surface area contributed by atoms with E-state index in [0.29, 0.717) is 12.5 Å². The Morgan fingerprint density at radius 1 is 1.35 bits per heavy atom. The Labute approximate surface area is 103 Å². The summed E-state index contributed by atoms with van der Waals surface area (Å²) < 4.78 is 0. The van der Waals surface area contributed by atoms with Gasteiger partial charge >= 0.3 is 0 Å². The summed E-state index contributed by atoms with van der Waals surface area (Å²) in [6.45, 7) is 5.37. The van der Waals surface area contributed by atoms with E-state index in [2.05, 4.69) is 36.5 Å². The topological polar surface area (TPSA) is 32.3 Å². The minimum Gasteiger partial charge on any atom is -0.340 e. The SMILES string of the molecule is CC(CCN1CCNCC1=O)c1ccccc1. The number of carbonyl (C=O) groups is 1. The fourth-order valence-corrected chi connectivity index (χ4v) is 2.18. The highest BCUT2D eigenvalue weighted by Gasteiger charge is 2.17. The quantitative estimate of drug-likeness (QED) is 0.855. The number of nitrogens with one attached hydrogen (secondary N) is 1. The molecule has 1 unspecified atom stereocenters. The van der Waals surface area contributed by atoms with Crippen molar-refractivity contribution in [3.8, 4) is 0 Å². The van der Waals surface area contributed by atoms with Crippen LogP contribution >= 0.6 is 0 Å². The Morgan fingerprint density at radius 3 is 2.82 bits per heavy atom. The van der Waals surface area contributed by atoms with Crippen LogP contribution in [0.1, 0.15) is 24.8 Å². The maximum Gasteiger partial charge on any atom is 0.236 e. The van der Waals surface area contributed by atoms with E-state index in [1.165, 1.54) is 5.56 Å². The predicted octanol–water partition coefficient (Wildman–Crippen LogP) is 1.61. The molecule has 1 N–H and O–H groups in total. The summed E-state index contributed by atoms with van der Waals surface area (Å²) in [6, 6.07) is 10.5. The number of hydrogen-bond donors (Lipinski definition) is 1. The fourth-order valence-electron chi connectivity index (χ4n) is 2.18. The molecule has 2 rings (SSSR count). The van der Waals surface area contributed by atoms with E-state index in [-0.39, 0.29) is 5.91 Å². The summed E-state index contributed by atoms with van der Waals surface area (Å²) in [6.07, 6.45) is 1.04. The van der Waals surface area contributed by atoms with Crippen LogP contribution in [0.3, 0.4) is 0 Å². The van der Waals surface area contributed by atoms with E-state index in [1.807, 2.05) is 11.0 Å². The second-order valence-corrected chi connectivity index (χ2v) is 4.66. The van der Waals surface area contributed by atoms with Crippen LogP contribution < -0.4 is 5.32 Å². The van der Waals surface area contributed by atoms with Gasteiger partial charge in [-0.3, -0.25) is 4.79 Å². The molecule has 0 spiro atoms. The first kappa shape index (κ1) is 12.1. The van der Waals surface area contributed by atoms with Gasteiger partial charge in [0.2, 0.25) is 5.91 Å². The predicted molar refractivity (Wildman–Crippen MR) is 68.9 cm³/mol. The van der Waals surface area contributed by atoms with Crippen LogP contribution in [0.2, 0.25) is 0 Å². The van der Waals surface area contributed by atoms with Crippen molar-refractivity contribution in [3.63, 3.8) is 0 Å². The van der Waals surface area contributed by atoms with Crippen molar-refractivity contribution in [1.29, 1.82) is 0 Å². The van der Waals surface area contributed by atoms with Gasteiger partial charge in [-0.25, -0.2) is 0 Å². The van der Waals surface area contributed by atoms with Gasteiger partial charge in [0, 0.05) is 19.6 Å². The van der Waals surface area contributed by atoms with Gasteiger partial charge in [0.05, 0.1) is 6.54 Å². The Hall–Kier alpha value is -1.35. The molecule has 0 saturated carbocycles. The van der Waals surface area contributed by atoms with Crippen molar-refractivity contribution in [2.45, 2.75) is 19.3 Å². The van der Waals surface area contributed by atoms with Crippen LogP contribution in [0.4, 0.5) is 0 Å². The molecule has 3 heteroatoms. The molecule has 1 atom stereocenters. The standard InChI is InChI=1S/C14H20N2O/c1-12(13-5-3-2-4-6-13)7-9-16-10-8-15-11-14(16)17/h2-6,12,15H,7-11H2,1H3. The summed E-state index contributed by atoms with van der Waals surface area (Å²) in [5, 5.41) is 3.09. The summed E-state index contributed by atoms with van der Waals surface area (Å²) in [7, 11) is 0. The third-order valence-corrected chi connectivity index (χ3v) is 3.39. The van der Waals surface area contributed by atoms with E-state index < -0.39 is 0 Å². The lowest BCUT2D eigenvalue weighted by Crippen LogP contribution is -2.48. The maximum absolute atomic E-state index is 11.6. The zero-order valence-corrected chi connectivity index (χ0v) is 10.4. The van der Waals surface area contributed by atoms with Crippen molar-refractivity contribution < 1.29 is 4.79 Å². The minimum absolute atomic E-state index is 0.233. The van der Waals surface area contributed by atoms with Crippen LogP contribution in [0.15, 0.2) is 30.3 Å². The van der Waals surface area contributed by atoms with Gasteiger partial charge in [-0.15, -0.1) is 0 Å². The molecule has 1 saturated heterocycles. The van der Waals surface area contributed by atoms with Crippen molar-refractivity contribution in [3.05, 3.63) is 35.9 Å². The van der Waals surface area contributed by atoms with Gasteiger partial charge in [-0.1, -0.05) is 37.3 Å². The van der Waals surface area contributed by atoms with Gasteiger partial charge in [0.15, 0.2) is 0 Å². The summed E-state index contributed by atoms with van der Waals surface area (Å²) in [4.78, 5) is 13.6. The molecule has 17 heavy (non-hydrogen) atoms. The normalized spacial score (nSPS) is 18.2. The molecule has 0 aromatic heterocycles. The van der Waals surface area contributed by atoms with Gasteiger partial charge < -0.3 is 10.2 Å².